The molecule has 0 saturated heterocycles. The highest BCUT2D eigenvalue weighted by molar-refractivity contribution is 7.86. The van der Waals surface area contributed by atoms with Gasteiger partial charge in [-0.3, -0.25) is 4.21 Å². The quantitative estimate of drug-likeness (QED) is 0.739. The fraction of sp³-hybridized carbons (Fsp3) is 1.00. The summed E-state index contributed by atoms with van der Waals surface area (Å²) in [6.45, 7) is 0. The van der Waals surface area contributed by atoms with Crippen molar-refractivity contribution in [1.82, 2.24) is 0 Å². The average Bonchev–Trinajstić information content (AvgIpc) is 2.68. The van der Waals surface area contributed by atoms with Gasteiger partial charge in [0.2, 0.25) is 0 Å². The second kappa shape index (κ2) is 5.44. The Hall–Kier alpha value is 0.110. The summed E-state index contributed by atoms with van der Waals surface area (Å²) in [4.78, 5) is 0. The van der Waals surface area contributed by atoms with Gasteiger partial charge in [-0.05, 0) is 25.7 Å². The minimum atomic E-state index is -0.648. The molecule has 3 unspecified atom stereocenters. The monoisotopic (exact) mass is 229 g/mol. The van der Waals surface area contributed by atoms with Crippen molar-refractivity contribution < 1.29 is 4.21 Å². The van der Waals surface area contributed by atoms with E-state index in [0.717, 1.165) is 12.8 Å². The van der Waals surface area contributed by atoms with Gasteiger partial charge in [-0.1, -0.05) is 32.1 Å². The van der Waals surface area contributed by atoms with Crippen molar-refractivity contribution in [2.24, 2.45) is 5.73 Å². The molecule has 2 fully saturated rings. The molecule has 0 aromatic rings. The van der Waals surface area contributed by atoms with Gasteiger partial charge in [0.1, 0.15) is 0 Å². The van der Waals surface area contributed by atoms with Crippen LogP contribution in [-0.4, -0.2) is 20.8 Å². The lowest BCUT2D eigenvalue weighted by molar-refractivity contribution is 0.568. The van der Waals surface area contributed by atoms with E-state index in [9.17, 15) is 4.21 Å². The minimum Gasteiger partial charge on any atom is -0.327 e. The fourth-order valence-electron chi connectivity index (χ4n) is 2.96. The molecule has 3 heteroatoms. The molecule has 0 aromatic heterocycles. The van der Waals surface area contributed by atoms with Crippen molar-refractivity contribution in [1.29, 1.82) is 0 Å². The van der Waals surface area contributed by atoms with Crippen molar-refractivity contribution in [2.45, 2.75) is 74.3 Å². The SMILES string of the molecule is NC1CCCCCC1S(=O)C1CCCC1. The van der Waals surface area contributed by atoms with Gasteiger partial charge in [-0.2, -0.15) is 0 Å². The summed E-state index contributed by atoms with van der Waals surface area (Å²) in [6.07, 6.45) is 10.8. The van der Waals surface area contributed by atoms with Gasteiger partial charge in [0.15, 0.2) is 0 Å². The Labute approximate surface area is 95.5 Å². The Morgan fingerprint density at radius 2 is 1.47 bits per heavy atom. The molecular weight excluding hydrogens is 206 g/mol. The van der Waals surface area contributed by atoms with E-state index in [1.807, 2.05) is 0 Å². The molecule has 0 heterocycles. The summed E-state index contributed by atoms with van der Waals surface area (Å²) >= 11 is 0. The molecule has 2 rings (SSSR count). The van der Waals surface area contributed by atoms with Crippen LogP contribution in [-0.2, 0) is 10.8 Å². The largest absolute Gasteiger partial charge is 0.327 e. The van der Waals surface area contributed by atoms with Crippen LogP contribution >= 0.6 is 0 Å². The molecule has 0 aromatic carbocycles. The van der Waals surface area contributed by atoms with E-state index in [1.54, 1.807) is 0 Å². The van der Waals surface area contributed by atoms with E-state index in [0.29, 0.717) is 10.5 Å². The molecule has 0 aliphatic heterocycles. The maximum atomic E-state index is 12.4. The van der Waals surface area contributed by atoms with Gasteiger partial charge in [0.25, 0.3) is 0 Å². The predicted octanol–water partition coefficient (Wildman–Crippen LogP) is 2.34. The number of nitrogens with two attached hydrogens (primary N) is 1. The molecule has 2 nitrogen and oxygen atoms in total. The predicted molar refractivity (Wildman–Crippen MR) is 65.2 cm³/mol. The van der Waals surface area contributed by atoms with Crippen molar-refractivity contribution in [3.8, 4) is 0 Å². The zero-order chi connectivity index (χ0) is 10.7. The Bertz CT molecular complexity index is 226. The summed E-state index contributed by atoms with van der Waals surface area (Å²) in [7, 11) is -0.648. The van der Waals surface area contributed by atoms with Crippen LogP contribution in [0.2, 0.25) is 0 Å². The van der Waals surface area contributed by atoms with Gasteiger partial charge in [-0.15, -0.1) is 0 Å². The van der Waals surface area contributed by atoms with Crippen LogP contribution in [0.1, 0.15) is 57.8 Å². The topological polar surface area (TPSA) is 43.1 Å². The lowest BCUT2D eigenvalue weighted by Gasteiger charge is -2.23. The zero-order valence-corrected chi connectivity index (χ0v) is 10.3. The lowest BCUT2D eigenvalue weighted by atomic mass is 10.1. The van der Waals surface area contributed by atoms with E-state index in [4.69, 9.17) is 5.73 Å². The molecule has 2 saturated carbocycles. The first-order valence-corrected chi connectivity index (χ1v) is 7.71. The van der Waals surface area contributed by atoms with E-state index < -0.39 is 10.8 Å². The van der Waals surface area contributed by atoms with E-state index in [2.05, 4.69) is 0 Å². The van der Waals surface area contributed by atoms with Crippen LogP contribution in [0.3, 0.4) is 0 Å². The van der Waals surface area contributed by atoms with Crippen LogP contribution in [0.15, 0.2) is 0 Å². The Kier molecular flexibility index (Phi) is 4.21. The summed E-state index contributed by atoms with van der Waals surface area (Å²) in [5, 5.41) is 0.773. The molecule has 0 spiro atoms. The van der Waals surface area contributed by atoms with Crippen molar-refractivity contribution in [3.05, 3.63) is 0 Å². The second-order valence-corrected chi connectivity index (χ2v) is 7.00. The molecule has 3 atom stereocenters. The molecule has 0 bridgehead atoms. The summed E-state index contributed by atoms with van der Waals surface area (Å²) in [6, 6.07) is 0.203. The molecule has 0 amide bonds. The molecule has 88 valence electrons. The maximum Gasteiger partial charge on any atom is 0.0501 e. The first-order valence-electron chi connectivity index (χ1n) is 6.44. The first-order chi connectivity index (χ1) is 7.29. The lowest BCUT2D eigenvalue weighted by Crippen LogP contribution is -2.39. The van der Waals surface area contributed by atoms with Crippen LogP contribution in [0.5, 0.6) is 0 Å². The highest BCUT2D eigenvalue weighted by Crippen LogP contribution is 2.29. The van der Waals surface area contributed by atoms with E-state index in [-0.39, 0.29) is 6.04 Å². The van der Waals surface area contributed by atoms with Crippen LogP contribution < -0.4 is 5.73 Å². The molecule has 15 heavy (non-hydrogen) atoms. The smallest absolute Gasteiger partial charge is 0.0501 e. The van der Waals surface area contributed by atoms with Crippen molar-refractivity contribution in [2.75, 3.05) is 0 Å². The summed E-state index contributed by atoms with van der Waals surface area (Å²) in [5.41, 5.74) is 6.15. The Balaban J connectivity index is 1.96. The number of rotatable bonds is 2. The highest BCUT2D eigenvalue weighted by Gasteiger charge is 2.32. The highest BCUT2D eigenvalue weighted by atomic mass is 32.2. The molecule has 2 N–H and O–H groups in total. The van der Waals surface area contributed by atoms with Gasteiger partial charge in [-0.25, -0.2) is 0 Å². The van der Waals surface area contributed by atoms with Gasteiger partial charge in [0, 0.05) is 22.1 Å². The van der Waals surface area contributed by atoms with Crippen LogP contribution in [0.4, 0.5) is 0 Å². The normalized spacial score (nSPS) is 36.3. The molecular formula is C12H23NOS. The molecule has 2 aliphatic carbocycles. The summed E-state index contributed by atoms with van der Waals surface area (Å²) < 4.78 is 12.4. The number of hydrogen-bond acceptors (Lipinski definition) is 2. The third-order valence-electron chi connectivity index (χ3n) is 3.93. The summed E-state index contributed by atoms with van der Waals surface area (Å²) in [5.74, 6) is 0. The maximum absolute atomic E-state index is 12.4. The third kappa shape index (κ3) is 2.82. The number of hydrogen-bond donors (Lipinski definition) is 1. The van der Waals surface area contributed by atoms with E-state index in [1.165, 1.54) is 44.9 Å². The average molecular weight is 229 g/mol. The standard InChI is InChI=1S/C12H23NOS/c13-11-8-2-1-3-9-12(11)15(14)10-6-4-5-7-10/h10-12H,1-9,13H2. The first kappa shape index (κ1) is 11.6. The molecule has 2 aliphatic rings. The Morgan fingerprint density at radius 1 is 0.867 bits per heavy atom. The third-order valence-corrected chi connectivity index (χ3v) is 6.24. The van der Waals surface area contributed by atoms with Crippen molar-refractivity contribution >= 4 is 10.8 Å². The second-order valence-electron chi connectivity index (χ2n) is 5.08. The Morgan fingerprint density at radius 3 is 2.20 bits per heavy atom. The fourth-order valence-corrected chi connectivity index (χ4v) is 5.13. The van der Waals surface area contributed by atoms with Crippen LogP contribution in [0.25, 0.3) is 0 Å². The minimum absolute atomic E-state index is 0.203. The van der Waals surface area contributed by atoms with E-state index >= 15 is 0 Å². The van der Waals surface area contributed by atoms with Gasteiger partial charge in [0.05, 0.1) is 5.25 Å². The van der Waals surface area contributed by atoms with Gasteiger partial charge >= 0.3 is 0 Å². The zero-order valence-electron chi connectivity index (χ0n) is 9.49. The van der Waals surface area contributed by atoms with Gasteiger partial charge < -0.3 is 5.73 Å². The van der Waals surface area contributed by atoms with Crippen molar-refractivity contribution in [3.63, 3.8) is 0 Å². The van der Waals surface area contributed by atoms with Crippen LogP contribution in [0, 0.1) is 0 Å². The molecule has 0 radical (unpaired) electrons.